The van der Waals surface area contributed by atoms with Crippen molar-refractivity contribution in [2.24, 2.45) is 5.92 Å². The molecule has 1 aromatic heterocycles. The Bertz CT molecular complexity index is 718. The molecule has 1 fully saturated rings. The molecule has 2 aliphatic rings. The lowest BCUT2D eigenvalue weighted by Gasteiger charge is -2.32. The van der Waals surface area contributed by atoms with Crippen molar-refractivity contribution in [3.63, 3.8) is 0 Å². The van der Waals surface area contributed by atoms with Crippen LogP contribution in [0.4, 0.5) is 0 Å². The van der Waals surface area contributed by atoms with E-state index in [1.54, 1.807) is 0 Å². The van der Waals surface area contributed by atoms with Crippen LogP contribution in [0.2, 0.25) is 0 Å². The number of hydrogen-bond donors (Lipinski definition) is 1. The number of rotatable bonds is 5. The fourth-order valence-electron chi connectivity index (χ4n) is 3.65. The maximum Gasteiger partial charge on any atom is 0.161 e. The van der Waals surface area contributed by atoms with Crippen LogP contribution in [0.3, 0.4) is 0 Å². The number of likely N-dealkylation sites (tertiary alicyclic amines) is 1. The molecule has 0 unspecified atom stereocenters. The van der Waals surface area contributed by atoms with Gasteiger partial charge in [0.25, 0.3) is 0 Å². The molecular formula is C18H24N4O3. The molecular weight excluding hydrogens is 320 g/mol. The molecule has 3 heterocycles. The van der Waals surface area contributed by atoms with Crippen molar-refractivity contribution in [3.8, 4) is 11.5 Å². The highest BCUT2D eigenvalue weighted by molar-refractivity contribution is 5.43. The number of aliphatic hydroxyl groups excluding tert-OH is 1. The second-order valence-corrected chi connectivity index (χ2v) is 6.81. The first kappa shape index (κ1) is 16.4. The van der Waals surface area contributed by atoms with Gasteiger partial charge in [0.1, 0.15) is 18.9 Å². The molecule has 7 nitrogen and oxygen atoms in total. The van der Waals surface area contributed by atoms with E-state index in [0.717, 1.165) is 37.7 Å². The zero-order valence-corrected chi connectivity index (χ0v) is 14.3. The normalized spacial score (nSPS) is 20.6. The van der Waals surface area contributed by atoms with Crippen molar-refractivity contribution in [2.45, 2.75) is 32.5 Å². The lowest BCUT2D eigenvalue weighted by molar-refractivity contribution is 0.151. The minimum Gasteiger partial charge on any atom is -0.486 e. The Hall–Kier alpha value is -2.12. The summed E-state index contributed by atoms with van der Waals surface area (Å²) in [7, 11) is 0. The third kappa shape index (κ3) is 3.93. The van der Waals surface area contributed by atoms with E-state index in [9.17, 15) is 0 Å². The molecule has 0 spiro atoms. The van der Waals surface area contributed by atoms with Crippen LogP contribution >= 0.6 is 0 Å². The topological polar surface area (TPSA) is 72.6 Å². The van der Waals surface area contributed by atoms with Gasteiger partial charge in [-0.15, -0.1) is 5.10 Å². The lowest BCUT2D eigenvalue weighted by Crippen LogP contribution is -2.36. The summed E-state index contributed by atoms with van der Waals surface area (Å²) in [4.78, 5) is 2.49. The molecule has 1 saturated heterocycles. The van der Waals surface area contributed by atoms with Crippen molar-refractivity contribution in [3.05, 3.63) is 35.7 Å². The standard InChI is InChI=1S/C18H24N4O3/c23-13-16-12-22(20-19-16)11-15-2-1-5-21(10-15)9-14-3-4-17-18(8-14)25-7-6-24-17/h3-4,8,12,15,23H,1-2,5-7,9-11,13H2/t15-/m1/s1. The van der Waals surface area contributed by atoms with Gasteiger partial charge in [0, 0.05) is 19.6 Å². The zero-order chi connectivity index (χ0) is 17.1. The molecule has 1 atom stereocenters. The summed E-state index contributed by atoms with van der Waals surface area (Å²) in [6, 6.07) is 6.24. The fourth-order valence-corrected chi connectivity index (χ4v) is 3.65. The summed E-state index contributed by atoms with van der Waals surface area (Å²) < 4.78 is 13.1. The summed E-state index contributed by atoms with van der Waals surface area (Å²) in [6.07, 6.45) is 4.22. The van der Waals surface area contributed by atoms with Crippen molar-refractivity contribution in [2.75, 3.05) is 26.3 Å². The van der Waals surface area contributed by atoms with E-state index in [1.807, 2.05) is 16.9 Å². The quantitative estimate of drug-likeness (QED) is 0.885. The molecule has 25 heavy (non-hydrogen) atoms. The van der Waals surface area contributed by atoms with Crippen LogP contribution in [0.1, 0.15) is 24.1 Å². The van der Waals surface area contributed by atoms with Gasteiger partial charge in [0.15, 0.2) is 11.5 Å². The van der Waals surface area contributed by atoms with Gasteiger partial charge in [-0.2, -0.15) is 0 Å². The van der Waals surface area contributed by atoms with Crippen molar-refractivity contribution in [1.29, 1.82) is 0 Å². The Morgan fingerprint density at radius 2 is 2.08 bits per heavy atom. The highest BCUT2D eigenvalue weighted by Gasteiger charge is 2.21. The molecule has 1 aromatic carbocycles. The molecule has 0 aliphatic carbocycles. The molecule has 0 saturated carbocycles. The van der Waals surface area contributed by atoms with E-state index in [-0.39, 0.29) is 6.61 Å². The van der Waals surface area contributed by atoms with Gasteiger partial charge in [-0.1, -0.05) is 11.3 Å². The van der Waals surface area contributed by atoms with E-state index in [0.29, 0.717) is 24.8 Å². The first-order valence-corrected chi connectivity index (χ1v) is 8.91. The molecule has 2 aromatic rings. The van der Waals surface area contributed by atoms with Crippen LogP contribution in [-0.4, -0.2) is 51.3 Å². The number of piperidine rings is 1. The van der Waals surface area contributed by atoms with Crippen LogP contribution in [0.5, 0.6) is 11.5 Å². The maximum absolute atomic E-state index is 9.10. The van der Waals surface area contributed by atoms with Gasteiger partial charge in [0.2, 0.25) is 0 Å². The zero-order valence-electron chi connectivity index (χ0n) is 14.3. The Morgan fingerprint density at radius 1 is 1.20 bits per heavy atom. The predicted molar refractivity (Wildman–Crippen MR) is 91.4 cm³/mol. The van der Waals surface area contributed by atoms with E-state index >= 15 is 0 Å². The smallest absolute Gasteiger partial charge is 0.161 e. The Morgan fingerprint density at radius 3 is 2.92 bits per heavy atom. The SMILES string of the molecule is OCc1cn(C[C@@H]2CCCN(Cc3ccc4c(c3)OCCO4)C2)nn1. The van der Waals surface area contributed by atoms with Gasteiger partial charge in [-0.25, -0.2) is 0 Å². The number of aromatic nitrogens is 3. The molecule has 0 amide bonds. The van der Waals surface area contributed by atoms with E-state index in [2.05, 4.69) is 27.3 Å². The molecule has 2 aliphatic heterocycles. The van der Waals surface area contributed by atoms with Gasteiger partial charge in [0.05, 0.1) is 12.8 Å². The largest absolute Gasteiger partial charge is 0.486 e. The third-order valence-electron chi connectivity index (χ3n) is 4.81. The minimum absolute atomic E-state index is 0.0547. The van der Waals surface area contributed by atoms with Crippen molar-refractivity contribution >= 4 is 0 Å². The molecule has 7 heteroatoms. The first-order chi connectivity index (χ1) is 12.3. The summed E-state index contributed by atoms with van der Waals surface area (Å²) >= 11 is 0. The third-order valence-corrected chi connectivity index (χ3v) is 4.81. The fraction of sp³-hybridized carbons (Fsp3) is 0.556. The minimum atomic E-state index is -0.0547. The predicted octanol–water partition coefficient (Wildman–Crippen LogP) is 1.45. The monoisotopic (exact) mass is 344 g/mol. The van der Waals surface area contributed by atoms with Crippen molar-refractivity contribution in [1.82, 2.24) is 19.9 Å². The highest BCUT2D eigenvalue weighted by Crippen LogP contribution is 2.31. The van der Waals surface area contributed by atoms with Gasteiger partial charge < -0.3 is 14.6 Å². The number of hydrogen-bond acceptors (Lipinski definition) is 6. The maximum atomic E-state index is 9.10. The number of nitrogens with zero attached hydrogens (tertiary/aromatic N) is 4. The first-order valence-electron chi connectivity index (χ1n) is 8.91. The molecule has 4 rings (SSSR count). The van der Waals surface area contributed by atoms with Gasteiger partial charge in [-0.05, 0) is 43.0 Å². The van der Waals surface area contributed by atoms with Crippen LogP contribution in [-0.2, 0) is 19.7 Å². The van der Waals surface area contributed by atoms with E-state index in [1.165, 1.54) is 18.4 Å². The Kier molecular flexibility index (Phi) is 4.85. The van der Waals surface area contributed by atoms with E-state index < -0.39 is 0 Å². The summed E-state index contributed by atoms with van der Waals surface area (Å²) in [5, 5.41) is 17.2. The lowest BCUT2D eigenvalue weighted by atomic mass is 9.97. The summed E-state index contributed by atoms with van der Waals surface area (Å²) in [5.74, 6) is 2.26. The number of ether oxygens (including phenoxy) is 2. The second kappa shape index (κ2) is 7.41. The summed E-state index contributed by atoms with van der Waals surface area (Å²) in [5.41, 5.74) is 1.89. The number of aliphatic hydroxyl groups is 1. The molecule has 1 N–H and O–H groups in total. The van der Waals surface area contributed by atoms with Gasteiger partial charge >= 0.3 is 0 Å². The number of benzene rings is 1. The van der Waals surface area contributed by atoms with E-state index in [4.69, 9.17) is 14.6 Å². The molecule has 0 radical (unpaired) electrons. The highest BCUT2D eigenvalue weighted by atomic mass is 16.6. The van der Waals surface area contributed by atoms with Crippen LogP contribution < -0.4 is 9.47 Å². The average molecular weight is 344 g/mol. The molecule has 0 bridgehead atoms. The van der Waals surface area contributed by atoms with Crippen LogP contribution in [0, 0.1) is 5.92 Å². The molecule has 134 valence electrons. The van der Waals surface area contributed by atoms with Gasteiger partial charge in [-0.3, -0.25) is 9.58 Å². The van der Waals surface area contributed by atoms with Crippen LogP contribution in [0.25, 0.3) is 0 Å². The Balaban J connectivity index is 1.36. The number of fused-ring (bicyclic) bond motifs is 1. The average Bonchev–Trinajstić information content (AvgIpc) is 3.09. The Labute approximate surface area is 147 Å². The second-order valence-electron chi connectivity index (χ2n) is 6.81. The summed E-state index contributed by atoms with van der Waals surface area (Å²) in [6.45, 7) is 5.13. The van der Waals surface area contributed by atoms with Crippen LogP contribution in [0.15, 0.2) is 24.4 Å². The van der Waals surface area contributed by atoms with Crippen molar-refractivity contribution < 1.29 is 14.6 Å².